The van der Waals surface area contributed by atoms with E-state index in [4.69, 9.17) is 11.6 Å². The zero-order valence-corrected chi connectivity index (χ0v) is 13.3. The molecule has 6 heteroatoms. The zero-order valence-electron chi connectivity index (χ0n) is 12.6. The minimum absolute atomic E-state index is 0.00419. The van der Waals surface area contributed by atoms with Crippen molar-refractivity contribution in [3.63, 3.8) is 0 Å². The number of benzene rings is 1. The maximum absolute atomic E-state index is 13.1. The van der Waals surface area contributed by atoms with Gasteiger partial charge in [-0.1, -0.05) is 24.4 Å². The quantitative estimate of drug-likeness (QED) is 0.898. The highest BCUT2D eigenvalue weighted by atomic mass is 35.5. The molecule has 2 rings (SSSR count). The summed E-state index contributed by atoms with van der Waals surface area (Å²) < 4.78 is 13.1. The zero-order chi connectivity index (χ0) is 16.1. The number of halogens is 2. The van der Waals surface area contributed by atoms with Crippen LogP contribution in [0.1, 0.15) is 39.0 Å². The Hall–Kier alpha value is -1.62. The van der Waals surface area contributed by atoms with E-state index in [1.54, 1.807) is 4.90 Å². The molecule has 22 heavy (non-hydrogen) atoms. The van der Waals surface area contributed by atoms with Gasteiger partial charge in [0.05, 0.1) is 5.02 Å². The third-order valence-electron chi connectivity index (χ3n) is 3.95. The maximum Gasteiger partial charge on any atom is 0.226 e. The molecule has 1 aliphatic carbocycles. The second-order valence-corrected chi connectivity index (χ2v) is 5.98. The van der Waals surface area contributed by atoms with Gasteiger partial charge in [-0.25, -0.2) is 4.39 Å². The van der Waals surface area contributed by atoms with Gasteiger partial charge in [-0.3, -0.25) is 9.59 Å². The smallest absolute Gasteiger partial charge is 0.226 e. The molecular formula is C16H20ClFN2O2. The molecule has 0 atom stereocenters. The van der Waals surface area contributed by atoms with Crippen LogP contribution in [0, 0.1) is 5.82 Å². The summed E-state index contributed by atoms with van der Waals surface area (Å²) in [5, 5.41) is 2.63. The molecule has 1 fully saturated rings. The Morgan fingerprint density at radius 3 is 2.64 bits per heavy atom. The fraction of sp³-hybridized carbons (Fsp3) is 0.500. The molecule has 0 saturated heterocycles. The van der Waals surface area contributed by atoms with Gasteiger partial charge in [0.1, 0.15) is 5.82 Å². The van der Waals surface area contributed by atoms with Crippen LogP contribution in [0.25, 0.3) is 0 Å². The summed E-state index contributed by atoms with van der Waals surface area (Å²) in [7, 11) is 0. The molecule has 1 aromatic carbocycles. The van der Waals surface area contributed by atoms with E-state index in [9.17, 15) is 14.0 Å². The lowest BCUT2D eigenvalue weighted by molar-refractivity contribution is -0.131. The van der Waals surface area contributed by atoms with Gasteiger partial charge in [-0.15, -0.1) is 0 Å². The monoisotopic (exact) mass is 326 g/mol. The molecule has 0 bridgehead atoms. The number of nitrogens with zero attached hydrogens (tertiary/aromatic N) is 1. The predicted molar refractivity (Wildman–Crippen MR) is 84.3 cm³/mol. The fourth-order valence-electron chi connectivity index (χ4n) is 2.83. The topological polar surface area (TPSA) is 49.4 Å². The highest BCUT2D eigenvalue weighted by molar-refractivity contribution is 6.31. The van der Waals surface area contributed by atoms with Crippen molar-refractivity contribution < 1.29 is 14.0 Å². The minimum atomic E-state index is -0.524. The Kier molecular flexibility index (Phi) is 5.77. The van der Waals surface area contributed by atoms with E-state index in [1.807, 2.05) is 0 Å². The number of nitrogens with one attached hydrogen (secondary N) is 1. The average Bonchev–Trinajstić information content (AvgIpc) is 2.97. The van der Waals surface area contributed by atoms with Crippen LogP contribution in [0.15, 0.2) is 18.2 Å². The second-order valence-electron chi connectivity index (χ2n) is 5.58. The number of carbonyl (C=O) groups excluding carboxylic acids is 2. The van der Waals surface area contributed by atoms with Gasteiger partial charge in [-0.2, -0.15) is 0 Å². The summed E-state index contributed by atoms with van der Waals surface area (Å²) in [6.07, 6.45) is 4.50. The van der Waals surface area contributed by atoms with E-state index < -0.39 is 5.82 Å². The number of amides is 2. The van der Waals surface area contributed by atoms with Crippen molar-refractivity contribution in [3.05, 3.63) is 29.0 Å². The molecule has 0 heterocycles. The largest absolute Gasteiger partial charge is 0.339 e. The third-order valence-corrected chi connectivity index (χ3v) is 4.24. The Labute approximate surface area is 134 Å². The molecule has 4 nitrogen and oxygen atoms in total. The average molecular weight is 327 g/mol. The van der Waals surface area contributed by atoms with Gasteiger partial charge in [0.15, 0.2) is 0 Å². The van der Waals surface area contributed by atoms with Gasteiger partial charge in [-0.05, 0) is 31.0 Å². The summed E-state index contributed by atoms with van der Waals surface area (Å²) in [6.45, 7) is 1.94. The summed E-state index contributed by atoms with van der Waals surface area (Å²) >= 11 is 5.67. The van der Waals surface area contributed by atoms with Crippen molar-refractivity contribution >= 4 is 29.1 Å². The summed E-state index contributed by atoms with van der Waals surface area (Å²) in [4.78, 5) is 25.5. The van der Waals surface area contributed by atoms with Crippen molar-refractivity contribution in [2.45, 2.75) is 45.1 Å². The second kappa shape index (κ2) is 7.58. The van der Waals surface area contributed by atoms with Crippen molar-refractivity contribution in [2.75, 3.05) is 11.9 Å². The van der Waals surface area contributed by atoms with Crippen LogP contribution in [-0.2, 0) is 9.59 Å². The van der Waals surface area contributed by atoms with E-state index in [2.05, 4.69) is 5.32 Å². The molecule has 0 unspecified atom stereocenters. The van der Waals surface area contributed by atoms with Gasteiger partial charge in [0, 0.05) is 31.6 Å². The lowest BCUT2D eigenvalue weighted by Crippen LogP contribution is -2.39. The number of anilines is 1. The van der Waals surface area contributed by atoms with Crippen LogP contribution in [0.5, 0.6) is 0 Å². The summed E-state index contributed by atoms with van der Waals surface area (Å²) in [5.74, 6) is -0.736. The summed E-state index contributed by atoms with van der Waals surface area (Å²) in [6, 6.07) is 4.29. The van der Waals surface area contributed by atoms with E-state index >= 15 is 0 Å². The molecule has 0 spiro atoms. The first kappa shape index (κ1) is 16.7. The van der Waals surface area contributed by atoms with Gasteiger partial charge >= 0.3 is 0 Å². The van der Waals surface area contributed by atoms with Crippen molar-refractivity contribution in [3.8, 4) is 0 Å². The van der Waals surface area contributed by atoms with Crippen molar-refractivity contribution in [1.29, 1.82) is 0 Å². The molecule has 0 aliphatic heterocycles. The SMILES string of the molecule is CC(=O)N(CCC(=O)Nc1ccc(F)c(Cl)c1)C1CCCC1. The molecule has 0 radical (unpaired) electrons. The van der Waals surface area contributed by atoms with Crippen molar-refractivity contribution in [2.24, 2.45) is 0 Å². The van der Waals surface area contributed by atoms with E-state index in [0.29, 0.717) is 12.2 Å². The number of hydrogen-bond acceptors (Lipinski definition) is 2. The van der Waals surface area contributed by atoms with Crippen LogP contribution >= 0.6 is 11.6 Å². The van der Waals surface area contributed by atoms with Crippen LogP contribution < -0.4 is 5.32 Å². The van der Waals surface area contributed by atoms with Gasteiger partial charge in [0.25, 0.3) is 0 Å². The first-order chi connectivity index (χ1) is 10.5. The Bertz CT molecular complexity index is 559. The molecule has 1 aromatic rings. The predicted octanol–water partition coefficient (Wildman–Crippen LogP) is 3.60. The number of rotatable bonds is 5. The molecule has 0 aromatic heterocycles. The normalized spacial score (nSPS) is 14.9. The molecule has 2 amide bonds. The molecule has 1 saturated carbocycles. The maximum atomic E-state index is 13.1. The molecular weight excluding hydrogens is 307 g/mol. The third kappa shape index (κ3) is 4.44. The Morgan fingerprint density at radius 1 is 1.36 bits per heavy atom. The van der Waals surface area contributed by atoms with Crippen LogP contribution in [0.4, 0.5) is 10.1 Å². The number of carbonyl (C=O) groups is 2. The van der Waals surface area contributed by atoms with Gasteiger partial charge < -0.3 is 10.2 Å². The van der Waals surface area contributed by atoms with Crippen LogP contribution in [0.2, 0.25) is 5.02 Å². The molecule has 120 valence electrons. The van der Waals surface area contributed by atoms with E-state index in [0.717, 1.165) is 25.7 Å². The highest BCUT2D eigenvalue weighted by Crippen LogP contribution is 2.24. The lowest BCUT2D eigenvalue weighted by Gasteiger charge is -2.27. The van der Waals surface area contributed by atoms with Crippen LogP contribution in [-0.4, -0.2) is 29.3 Å². The lowest BCUT2D eigenvalue weighted by atomic mass is 10.2. The van der Waals surface area contributed by atoms with E-state index in [1.165, 1.54) is 25.1 Å². The van der Waals surface area contributed by atoms with Crippen molar-refractivity contribution in [1.82, 2.24) is 4.90 Å². The number of hydrogen-bond donors (Lipinski definition) is 1. The Morgan fingerprint density at radius 2 is 2.05 bits per heavy atom. The molecule has 1 aliphatic rings. The van der Waals surface area contributed by atoms with Crippen LogP contribution in [0.3, 0.4) is 0 Å². The first-order valence-corrected chi connectivity index (χ1v) is 7.87. The Balaban J connectivity index is 1.87. The fourth-order valence-corrected chi connectivity index (χ4v) is 3.01. The van der Waals surface area contributed by atoms with E-state index in [-0.39, 0.29) is 29.3 Å². The summed E-state index contributed by atoms with van der Waals surface area (Å²) in [5.41, 5.74) is 0.451. The first-order valence-electron chi connectivity index (χ1n) is 7.49. The highest BCUT2D eigenvalue weighted by Gasteiger charge is 2.24. The standard InChI is InChI=1S/C16H20ClFN2O2/c1-11(21)20(13-4-2-3-5-13)9-8-16(22)19-12-6-7-15(18)14(17)10-12/h6-7,10,13H,2-5,8-9H2,1H3,(H,19,22). The minimum Gasteiger partial charge on any atom is -0.339 e. The van der Waals surface area contributed by atoms with Gasteiger partial charge in [0.2, 0.25) is 11.8 Å². The molecule has 1 N–H and O–H groups in total.